The Hall–Kier alpha value is -1.80. The van der Waals surface area contributed by atoms with Crippen LogP contribution in [0.25, 0.3) is 10.8 Å². The van der Waals surface area contributed by atoms with Gasteiger partial charge in [0, 0.05) is 18.9 Å². The van der Waals surface area contributed by atoms with Gasteiger partial charge in [-0.05, 0) is 53.0 Å². The van der Waals surface area contributed by atoms with E-state index in [4.69, 9.17) is 5.11 Å². The predicted molar refractivity (Wildman–Crippen MR) is 137 cm³/mol. The molecule has 1 saturated carbocycles. The molecule has 0 heterocycles. The largest absolute Gasteiger partial charge is 0.481 e. The lowest BCUT2D eigenvalue weighted by Crippen LogP contribution is -2.21. The molecule has 0 aromatic heterocycles. The van der Waals surface area contributed by atoms with Crippen molar-refractivity contribution in [1.82, 2.24) is 0 Å². The molecule has 1 aliphatic carbocycles. The summed E-state index contributed by atoms with van der Waals surface area (Å²) in [5.41, 5.74) is 1.18. The number of carbonyl (C=O) groups excluding carboxylic acids is 1. The van der Waals surface area contributed by atoms with Crippen LogP contribution in [0.4, 0.5) is 0 Å². The minimum absolute atomic E-state index is 0.0422. The minimum atomic E-state index is -0.811. The number of thioether (sulfide) groups is 2. The molecule has 1 fully saturated rings. The second-order valence-electron chi connectivity index (χ2n) is 8.45. The van der Waals surface area contributed by atoms with E-state index < -0.39 is 12.1 Å². The zero-order valence-electron chi connectivity index (χ0n) is 18.6. The molecule has 0 amide bonds. The lowest BCUT2D eigenvalue weighted by atomic mass is 9.95. The van der Waals surface area contributed by atoms with Crippen molar-refractivity contribution in [3.63, 3.8) is 0 Å². The van der Waals surface area contributed by atoms with Crippen molar-refractivity contribution in [1.29, 1.82) is 0 Å². The number of aliphatic carboxylic acids is 1. The summed E-state index contributed by atoms with van der Waals surface area (Å²) in [4.78, 5) is 23.1. The molecule has 0 spiro atoms. The zero-order chi connectivity index (χ0) is 23.6. The molecule has 0 saturated heterocycles. The Labute approximate surface area is 203 Å². The molecule has 0 aliphatic heterocycles. The number of carboxylic acid groups (broad SMARTS) is 1. The third-order valence-electron chi connectivity index (χ3n) is 5.96. The Morgan fingerprint density at radius 2 is 1.94 bits per heavy atom. The first-order valence-corrected chi connectivity index (χ1v) is 13.6. The van der Waals surface area contributed by atoms with Crippen LogP contribution < -0.4 is 0 Å². The van der Waals surface area contributed by atoms with Crippen LogP contribution in [0, 0.1) is 11.8 Å². The highest BCUT2D eigenvalue weighted by molar-refractivity contribution is 8.01. The van der Waals surface area contributed by atoms with Crippen LogP contribution in [-0.2, 0) is 16.0 Å². The summed E-state index contributed by atoms with van der Waals surface area (Å²) in [7, 11) is 0. The molecule has 3 N–H and O–H groups in total. The van der Waals surface area contributed by atoms with E-state index in [9.17, 15) is 19.8 Å². The SMILES string of the molecule is O=C(O)CSCCCS[C@H]1C(=O)C[C@@H](CO)[C@@H]1/C=C/[C@H](O)CCc1ccc2ccccc2c1. The fourth-order valence-corrected chi connectivity index (χ4v) is 6.45. The predicted octanol–water partition coefficient (Wildman–Crippen LogP) is 4.20. The first-order chi connectivity index (χ1) is 16.0. The van der Waals surface area contributed by atoms with Gasteiger partial charge in [0.2, 0.25) is 0 Å². The molecule has 1 aliphatic rings. The monoisotopic (exact) mass is 488 g/mol. The maximum absolute atomic E-state index is 12.5. The van der Waals surface area contributed by atoms with E-state index in [1.54, 1.807) is 17.8 Å². The summed E-state index contributed by atoms with van der Waals surface area (Å²) < 4.78 is 0. The molecular formula is C26H32O5S2. The van der Waals surface area contributed by atoms with Crippen LogP contribution in [0.2, 0.25) is 0 Å². The average molecular weight is 489 g/mol. The number of benzene rings is 2. The first-order valence-electron chi connectivity index (χ1n) is 11.4. The number of aliphatic hydroxyl groups is 2. The molecule has 33 heavy (non-hydrogen) atoms. The molecule has 0 radical (unpaired) electrons. The van der Waals surface area contributed by atoms with Gasteiger partial charge in [-0.25, -0.2) is 0 Å². The van der Waals surface area contributed by atoms with Crippen molar-refractivity contribution in [2.75, 3.05) is 23.9 Å². The fourth-order valence-electron chi connectivity index (χ4n) is 4.21. The van der Waals surface area contributed by atoms with E-state index in [0.717, 1.165) is 24.3 Å². The first kappa shape index (κ1) is 25.8. The number of allylic oxidation sites excluding steroid dienone is 1. The summed E-state index contributed by atoms with van der Waals surface area (Å²) in [5, 5.41) is 31.1. The van der Waals surface area contributed by atoms with Crippen molar-refractivity contribution < 1.29 is 24.9 Å². The van der Waals surface area contributed by atoms with Gasteiger partial charge in [-0.1, -0.05) is 54.6 Å². The molecule has 5 nitrogen and oxygen atoms in total. The van der Waals surface area contributed by atoms with Gasteiger partial charge in [-0.15, -0.1) is 11.8 Å². The molecule has 0 bridgehead atoms. The van der Waals surface area contributed by atoms with E-state index >= 15 is 0 Å². The van der Waals surface area contributed by atoms with Crippen molar-refractivity contribution >= 4 is 46.0 Å². The van der Waals surface area contributed by atoms with E-state index in [0.29, 0.717) is 12.8 Å². The van der Waals surface area contributed by atoms with Crippen molar-refractivity contribution in [2.45, 2.75) is 37.0 Å². The number of aryl methyl sites for hydroxylation is 1. The van der Waals surface area contributed by atoms with E-state index in [1.165, 1.54) is 28.1 Å². The molecule has 2 aromatic rings. The van der Waals surface area contributed by atoms with E-state index in [-0.39, 0.29) is 35.2 Å². The molecule has 4 atom stereocenters. The summed E-state index contributed by atoms with van der Waals surface area (Å²) in [5.74, 6) is 0.761. The number of ketones is 1. The van der Waals surface area contributed by atoms with Crippen molar-refractivity contribution in [3.8, 4) is 0 Å². The normalized spacial score (nSPS) is 21.8. The second kappa shape index (κ2) is 13.2. The highest BCUT2D eigenvalue weighted by atomic mass is 32.2. The number of rotatable bonds is 13. The van der Waals surface area contributed by atoms with Crippen LogP contribution in [0.5, 0.6) is 0 Å². The molecule has 3 rings (SSSR count). The quantitative estimate of drug-likeness (QED) is 0.287. The highest BCUT2D eigenvalue weighted by Crippen LogP contribution is 2.38. The summed E-state index contributed by atoms with van der Waals surface area (Å²) >= 11 is 2.97. The number of aliphatic hydroxyl groups excluding tert-OH is 2. The topological polar surface area (TPSA) is 94.8 Å². The number of Topliss-reactive ketones (excluding diaryl/α,β-unsaturated/α-hetero) is 1. The van der Waals surface area contributed by atoms with E-state index in [2.05, 4.69) is 30.3 Å². The standard InChI is InChI=1S/C26H32O5S2/c27-16-21-15-24(29)26(33-13-3-12-32-17-25(30)31)23(21)11-10-22(28)9-7-18-6-8-19-4-1-2-5-20(19)14-18/h1-2,4-6,8,10-11,14,21-23,26-28H,3,7,9,12-13,15-17H2,(H,30,31)/b11-10+/t21-,22+,23-,26+/m0/s1. The molecule has 178 valence electrons. The van der Waals surface area contributed by atoms with Crippen LogP contribution in [0.1, 0.15) is 24.8 Å². The third kappa shape index (κ3) is 7.88. The average Bonchev–Trinajstić information content (AvgIpc) is 3.12. The van der Waals surface area contributed by atoms with Crippen molar-refractivity contribution in [2.24, 2.45) is 11.8 Å². The van der Waals surface area contributed by atoms with Gasteiger partial charge < -0.3 is 15.3 Å². The molecule has 0 unspecified atom stereocenters. The zero-order valence-corrected chi connectivity index (χ0v) is 20.3. The van der Waals surface area contributed by atoms with Gasteiger partial charge >= 0.3 is 5.97 Å². The summed E-state index contributed by atoms with van der Waals surface area (Å²) in [6, 6.07) is 14.6. The lowest BCUT2D eigenvalue weighted by molar-refractivity contribution is -0.133. The number of carbonyl (C=O) groups is 2. The Morgan fingerprint density at radius 3 is 2.70 bits per heavy atom. The Balaban J connectivity index is 1.50. The third-order valence-corrected chi connectivity index (χ3v) is 8.45. The van der Waals surface area contributed by atoms with E-state index in [1.807, 2.05) is 18.2 Å². The Morgan fingerprint density at radius 1 is 1.15 bits per heavy atom. The van der Waals surface area contributed by atoms with Gasteiger partial charge in [0.1, 0.15) is 5.78 Å². The minimum Gasteiger partial charge on any atom is -0.481 e. The molecular weight excluding hydrogens is 456 g/mol. The van der Waals surface area contributed by atoms with Gasteiger partial charge in [0.05, 0.1) is 17.1 Å². The maximum Gasteiger partial charge on any atom is 0.313 e. The smallest absolute Gasteiger partial charge is 0.313 e. The number of carboxylic acids is 1. The molecule has 2 aromatic carbocycles. The van der Waals surface area contributed by atoms with Crippen LogP contribution >= 0.6 is 23.5 Å². The highest BCUT2D eigenvalue weighted by Gasteiger charge is 2.40. The summed E-state index contributed by atoms with van der Waals surface area (Å²) in [6.45, 7) is -0.0422. The van der Waals surface area contributed by atoms with Crippen molar-refractivity contribution in [3.05, 3.63) is 60.2 Å². The van der Waals surface area contributed by atoms with Crippen LogP contribution in [0.3, 0.4) is 0 Å². The van der Waals surface area contributed by atoms with Gasteiger partial charge in [-0.2, -0.15) is 11.8 Å². The maximum atomic E-state index is 12.5. The Bertz CT molecular complexity index is 961. The fraction of sp³-hybridized carbons (Fsp3) is 0.462. The van der Waals surface area contributed by atoms with Gasteiger partial charge in [0.25, 0.3) is 0 Å². The number of hydrogen-bond donors (Lipinski definition) is 3. The van der Waals surface area contributed by atoms with Crippen LogP contribution in [0.15, 0.2) is 54.6 Å². The Kier molecular flexibility index (Phi) is 10.3. The molecule has 7 heteroatoms. The lowest BCUT2D eigenvalue weighted by Gasteiger charge is -2.19. The summed E-state index contributed by atoms with van der Waals surface area (Å²) in [6.07, 6.45) is 5.65. The van der Waals surface area contributed by atoms with Crippen LogP contribution in [-0.4, -0.2) is 62.3 Å². The van der Waals surface area contributed by atoms with Gasteiger partial charge in [0.15, 0.2) is 0 Å². The number of hydrogen-bond acceptors (Lipinski definition) is 6. The number of fused-ring (bicyclic) bond motifs is 1. The second-order valence-corrected chi connectivity index (χ2v) is 10.8. The van der Waals surface area contributed by atoms with Gasteiger partial charge in [-0.3, -0.25) is 9.59 Å².